The van der Waals surface area contributed by atoms with Crippen molar-refractivity contribution in [1.82, 2.24) is 41.3 Å². The van der Waals surface area contributed by atoms with E-state index < -0.39 is 38.0 Å². The average molecular weight is 1810 g/mol. The van der Waals surface area contributed by atoms with Crippen molar-refractivity contribution in [2.45, 2.75) is 270 Å². The van der Waals surface area contributed by atoms with E-state index in [0.29, 0.717) is 159 Å². The smallest absolute Gasteiger partial charge is 0.253 e. The number of rotatable bonds is 49. The van der Waals surface area contributed by atoms with Crippen molar-refractivity contribution in [3.8, 4) is 12.4 Å². The number of nitrogens with one attached hydrogen (secondary N) is 10. The molecule has 0 aliphatic rings. The monoisotopic (exact) mass is 1810 g/mol. The summed E-state index contributed by atoms with van der Waals surface area (Å²) in [5.41, 5.74) is 2.10. The van der Waals surface area contributed by atoms with E-state index in [-0.39, 0.29) is 28.1 Å². The molecule has 0 bridgehead atoms. The van der Waals surface area contributed by atoms with Crippen molar-refractivity contribution in [3.05, 3.63) is 61.3 Å². The molecular formula is C97H186N18O13. The molecule has 742 valence electrons. The van der Waals surface area contributed by atoms with Crippen LogP contribution < -0.4 is 90.6 Å². The van der Waals surface area contributed by atoms with Gasteiger partial charge in [0.15, 0.2) is 12.4 Å². The van der Waals surface area contributed by atoms with Crippen molar-refractivity contribution in [3.63, 3.8) is 0 Å². The van der Waals surface area contributed by atoms with Crippen LogP contribution in [0.4, 0.5) is 34.1 Å². The van der Waals surface area contributed by atoms with E-state index in [2.05, 4.69) is 232 Å². The first-order valence-corrected chi connectivity index (χ1v) is 46.1. The number of anilines is 6. The Balaban J connectivity index is -0.000000705. The maximum Gasteiger partial charge on any atom is 0.253 e. The molecule has 31 heteroatoms. The lowest BCUT2D eigenvalue weighted by Crippen LogP contribution is -2.45. The highest BCUT2D eigenvalue weighted by Gasteiger charge is 2.30. The van der Waals surface area contributed by atoms with Gasteiger partial charge in [-0.15, -0.1) is 0 Å². The van der Waals surface area contributed by atoms with Gasteiger partial charge < -0.3 is 85.8 Å². The Labute approximate surface area is 775 Å². The zero-order valence-corrected chi connectivity index (χ0v) is 87.4. The molecule has 10 N–H and O–H groups in total. The molecule has 0 saturated heterocycles. The van der Waals surface area contributed by atoms with E-state index in [0.717, 1.165) is 136 Å². The van der Waals surface area contributed by atoms with E-state index in [4.69, 9.17) is 34.2 Å². The number of aliphatic imine (C=N–C) groups is 2. The molecule has 0 aliphatic heterocycles. The highest BCUT2D eigenvalue weighted by molar-refractivity contribution is 5.82. The third kappa shape index (κ3) is 68.3. The normalized spacial score (nSPS) is 12.2. The van der Waals surface area contributed by atoms with Gasteiger partial charge in [0.25, 0.3) is 32.6 Å². The van der Waals surface area contributed by atoms with Crippen molar-refractivity contribution in [2.24, 2.45) is 58.7 Å². The number of amides is 2. The third-order valence-electron chi connectivity index (χ3n) is 19.2. The second kappa shape index (κ2) is 65.7. The highest BCUT2D eigenvalue weighted by atomic mass is 16.5. The molecule has 0 aliphatic carbocycles. The topological polar surface area (TPSA) is 388 Å². The van der Waals surface area contributed by atoms with E-state index >= 15 is 0 Å². The first-order valence-electron chi connectivity index (χ1n) is 46.1. The first-order chi connectivity index (χ1) is 59.0. The zero-order chi connectivity index (χ0) is 99.5. The summed E-state index contributed by atoms with van der Waals surface area (Å²) in [5, 5.41) is 46.7. The van der Waals surface area contributed by atoms with Crippen LogP contribution in [0.2, 0.25) is 0 Å². The second-order valence-corrected chi connectivity index (χ2v) is 43.2. The lowest BCUT2D eigenvalue weighted by Gasteiger charge is -2.32. The minimum Gasteiger partial charge on any atom is -0.384 e. The number of hydrogen-bond donors (Lipinski definition) is 10. The predicted octanol–water partition coefficient (Wildman–Crippen LogP) is 13.5. The highest BCUT2D eigenvalue weighted by Crippen LogP contribution is 2.33. The standard InChI is InChI=1S/C17H30N2O4.C15H31N5O.C14H29N5.C14H24N2O3.C13H22N2O2.C13H27NO2.C11H23NO/c1-17(2,3)7-6-8-18-13-14(16(21)15(13)20)19(9-11-22-4)10-12-23-5;1-15(2,3)7-6-8-17-14(19-13-16)18-9-11-21-12-10-20(4)5;1-14(2,3)8-7-9-16-13(17-12-15)19(6)11-10-18(4)5;1-14(2,3)6-5-7-15-10-11(13(18)12(10)17)16-8-9-19-4;1-5-14-9-10(12(17)11(9)16)15-8-6-7-13(2,3)4;1-12(2,3)8-7-9-14-11(15)13(4,5)10-16-6;1-9(13)12-8-11(5,6)7-10(2,3)4/h18H,6-12H2,1-5H3;6-12H2,1-5H3,(H2,17,18,19);7-11H2,1-6H3,(H,16,17);15-16H,5-9H2,1-4H3;14-15H,5-8H2,1-4H3;7-10H2,1-6H3,(H,14,15);7-8H2,1-6H3,(H,12,13). The molecule has 128 heavy (non-hydrogen) atoms. The number of likely N-dealkylation sites (N-methyl/N-ethyl adjacent to an activating group) is 3. The Bertz CT molecular complexity index is 3830. The Kier molecular flexibility index (Phi) is 65.0. The number of methoxy groups -OCH3 is 4. The molecule has 0 aromatic heterocycles. The largest absolute Gasteiger partial charge is 0.384 e. The lowest BCUT2D eigenvalue weighted by molar-refractivity contribution is -0.132. The molecule has 0 radical (unpaired) electrons. The zero-order valence-electron chi connectivity index (χ0n) is 87.4. The summed E-state index contributed by atoms with van der Waals surface area (Å²) in [5.74, 6) is 1.33. The van der Waals surface area contributed by atoms with Crippen molar-refractivity contribution in [1.29, 1.82) is 10.5 Å². The molecule has 31 nitrogen and oxygen atoms in total. The molecule has 0 fully saturated rings. The van der Waals surface area contributed by atoms with E-state index in [9.17, 15) is 38.4 Å². The molecule has 0 spiro atoms. The SMILES string of the molecule is CC(=O)NCC(C)(C)CC(C)(C)C.CCNc1c(NCCCC(C)(C)C)c(=O)c1=O.CN(C)CCN(C)C(=NCCCC(C)(C)C)NC#N.CN(C)CCOCCNC(=NCCCC(C)(C)C)NC#N.COCC(C)(C)C(=O)NCCCC(C)(C)C.COCCN(CCOC)c1c(NCCCC(C)(C)C)c(=O)c1=O.COCCNc1c(NCCCC(C)(C)C)c(=O)c1=O. The van der Waals surface area contributed by atoms with Gasteiger partial charge in [-0.2, -0.15) is 10.5 Å². The van der Waals surface area contributed by atoms with Crippen LogP contribution in [0, 0.1) is 71.6 Å². The fourth-order valence-electron chi connectivity index (χ4n) is 12.5. The van der Waals surface area contributed by atoms with Crippen molar-refractivity contribution < 1.29 is 33.3 Å². The fraction of sp³-hybridized carbons (Fsp3) is 0.814. The molecule has 2 amide bonds. The summed E-state index contributed by atoms with van der Waals surface area (Å²) in [7, 11) is 16.5. The fourth-order valence-corrected chi connectivity index (χ4v) is 12.5. The van der Waals surface area contributed by atoms with Gasteiger partial charge in [-0.05, 0) is 176 Å². The molecule has 3 aromatic carbocycles. The van der Waals surface area contributed by atoms with Gasteiger partial charge in [0, 0.05) is 141 Å². The van der Waals surface area contributed by atoms with Gasteiger partial charge in [0.05, 0.1) is 45.1 Å². The molecule has 3 rings (SSSR count). The number of ether oxygens (including phenoxy) is 5. The van der Waals surface area contributed by atoms with Crippen LogP contribution in [0.25, 0.3) is 0 Å². The summed E-state index contributed by atoms with van der Waals surface area (Å²) >= 11 is 0. The Morgan fingerprint density at radius 1 is 0.391 bits per heavy atom. The van der Waals surface area contributed by atoms with Gasteiger partial charge in [0.1, 0.15) is 34.1 Å². The van der Waals surface area contributed by atoms with Gasteiger partial charge in [-0.25, -0.2) is 0 Å². The van der Waals surface area contributed by atoms with Crippen molar-refractivity contribution in [2.75, 3.05) is 233 Å². The minimum atomic E-state index is -0.436. The minimum absolute atomic E-state index is 0.0574. The van der Waals surface area contributed by atoms with Crippen LogP contribution in [-0.4, -0.2) is 240 Å². The van der Waals surface area contributed by atoms with Gasteiger partial charge in [0.2, 0.25) is 23.7 Å². The lowest BCUT2D eigenvalue weighted by atomic mass is 9.76. The van der Waals surface area contributed by atoms with Gasteiger partial charge in [-0.1, -0.05) is 159 Å². The molecule has 0 heterocycles. The molecule has 0 atom stereocenters. The third-order valence-corrected chi connectivity index (χ3v) is 19.2. The van der Waals surface area contributed by atoms with Crippen LogP contribution >= 0.6 is 0 Å². The Morgan fingerprint density at radius 2 is 0.773 bits per heavy atom. The van der Waals surface area contributed by atoms with Gasteiger partial charge in [-0.3, -0.25) is 59.0 Å². The molecule has 0 unspecified atom stereocenters. The molecule has 0 saturated carbocycles. The first kappa shape index (κ1) is 127. The number of hydrogen-bond acceptors (Lipinski definition) is 25. The van der Waals surface area contributed by atoms with E-state index in [1.54, 1.807) is 35.4 Å². The molecule has 3 aromatic rings. The van der Waals surface area contributed by atoms with E-state index in [1.807, 2.05) is 78.2 Å². The summed E-state index contributed by atoms with van der Waals surface area (Å²) in [6.45, 7) is 72.0. The number of carbonyl (C=O) groups excluding carboxylic acids is 2. The van der Waals surface area contributed by atoms with Crippen LogP contribution in [0.1, 0.15) is 270 Å². The maximum atomic E-state index is 12.0. The summed E-state index contributed by atoms with van der Waals surface area (Å²) in [6, 6.07) is 0. The Morgan fingerprint density at radius 3 is 1.15 bits per heavy atom. The van der Waals surface area contributed by atoms with E-state index in [1.165, 1.54) is 0 Å². The Hall–Kier alpha value is -7.78. The molecular weight excluding hydrogens is 1630 g/mol. The van der Waals surface area contributed by atoms with Crippen molar-refractivity contribution >= 4 is 57.9 Å². The number of nitriles is 2. The van der Waals surface area contributed by atoms with Crippen LogP contribution in [0.15, 0.2) is 38.8 Å². The van der Waals surface area contributed by atoms with Crippen LogP contribution in [0.3, 0.4) is 0 Å². The quantitative estimate of drug-likeness (QED) is 0.00627. The summed E-state index contributed by atoms with van der Waals surface area (Å²) in [6.07, 6.45) is 17.6. The number of nitrogens with zero attached hydrogens (tertiary/aromatic N) is 8. The van der Waals surface area contributed by atoms with Gasteiger partial charge >= 0.3 is 0 Å². The number of guanidine groups is 2. The summed E-state index contributed by atoms with van der Waals surface area (Å²) in [4.78, 5) is 109. The summed E-state index contributed by atoms with van der Waals surface area (Å²) < 4.78 is 25.6. The number of carbonyl (C=O) groups is 2. The maximum absolute atomic E-state index is 12.0. The van der Waals surface area contributed by atoms with Crippen LogP contribution in [-0.2, 0) is 33.3 Å². The second-order valence-electron chi connectivity index (χ2n) is 43.2. The van der Waals surface area contributed by atoms with Crippen LogP contribution in [0.5, 0.6) is 0 Å². The predicted molar refractivity (Wildman–Crippen MR) is 538 cm³/mol. The average Bonchev–Trinajstić information content (AvgIpc) is 0.769.